The molecule has 0 bridgehead atoms. The normalized spacial score (nSPS) is 12.3. The molecule has 3 aromatic rings. The third-order valence-electron chi connectivity index (χ3n) is 4.79. The van der Waals surface area contributed by atoms with Crippen LogP contribution >= 0.6 is 11.8 Å². The highest BCUT2D eigenvalue weighted by Gasteiger charge is 2.36. The average molecular weight is 407 g/mol. The fourth-order valence-corrected chi connectivity index (χ4v) is 4.78. The number of hydrogen-bond acceptors (Lipinski definition) is 4. The molecule has 3 rings (SSSR count). The number of hydrogen-bond donors (Lipinski definition) is 3. The Balaban J connectivity index is 1.96. The fourth-order valence-electron chi connectivity index (χ4n) is 3.36. The summed E-state index contributed by atoms with van der Waals surface area (Å²) >= 11 is 1.77. The van der Waals surface area contributed by atoms with E-state index in [0.29, 0.717) is 12.3 Å². The zero-order valence-electron chi connectivity index (χ0n) is 16.2. The molecule has 0 fully saturated rings. The molecular formula is C24H26N2O2S. The first-order valence-corrected chi connectivity index (χ1v) is 10.6. The summed E-state index contributed by atoms with van der Waals surface area (Å²) in [6, 6.07) is 30.4. The summed E-state index contributed by atoms with van der Waals surface area (Å²) in [5.41, 5.74) is 9.13. The fraction of sp³-hybridized carbons (Fsp3) is 0.208. The Morgan fingerprint density at radius 1 is 0.862 bits per heavy atom. The molecule has 0 radical (unpaired) electrons. The molecule has 0 unspecified atom stereocenters. The van der Waals surface area contributed by atoms with E-state index in [1.54, 1.807) is 11.8 Å². The largest absolute Gasteiger partial charge is 0.394 e. The zero-order valence-corrected chi connectivity index (χ0v) is 17.0. The minimum absolute atomic E-state index is 0.335. The molecule has 1 atom stereocenters. The van der Waals surface area contributed by atoms with Crippen LogP contribution in [0.25, 0.3) is 0 Å². The van der Waals surface area contributed by atoms with E-state index in [2.05, 4.69) is 78.1 Å². The molecule has 3 aromatic carbocycles. The van der Waals surface area contributed by atoms with Gasteiger partial charge in [0, 0.05) is 12.3 Å². The topological polar surface area (TPSA) is 75.3 Å². The number of carbonyl (C=O) groups is 1. The second-order valence-corrected chi connectivity index (χ2v) is 8.02. The summed E-state index contributed by atoms with van der Waals surface area (Å²) in [4.78, 5) is 11.9. The molecular weight excluding hydrogens is 380 g/mol. The Bertz CT molecular complexity index is 792. The van der Waals surface area contributed by atoms with Gasteiger partial charge in [-0.3, -0.25) is 4.79 Å². The minimum atomic E-state index is -0.887. The summed E-state index contributed by atoms with van der Waals surface area (Å²) in [6.45, 7) is 0.104. The van der Waals surface area contributed by atoms with Crippen LogP contribution in [0.4, 0.5) is 0 Å². The lowest BCUT2D eigenvalue weighted by atomic mass is 9.84. The van der Waals surface area contributed by atoms with Crippen LogP contribution in [-0.4, -0.2) is 36.0 Å². The first-order chi connectivity index (χ1) is 14.2. The maximum Gasteiger partial charge on any atom is 0.239 e. The monoisotopic (exact) mass is 406 g/mol. The third kappa shape index (κ3) is 4.88. The lowest BCUT2D eigenvalue weighted by molar-refractivity contribution is -0.123. The maximum absolute atomic E-state index is 11.9. The molecule has 1 amide bonds. The average Bonchev–Trinajstić information content (AvgIpc) is 2.80. The number of nitrogens with one attached hydrogen (secondary N) is 1. The smallest absolute Gasteiger partial charge is 0.239 e. The number of nitrogens with two attached hydrogens (primary N) is 1. The number of amides is 1. The first kappa shape index (κ1) is 21.1. The molecule has 0 aliphatic carbocycles. The van der Waals surface area contributed by atoms with Gasteiger partial charge in [-0.15, -0.1) is 11.8 Å². The van der Waals surface area contributed by atoms with Crippen LogP contribution in [0.5, 0.6) is 0 Å². The van der Waals surface area contributed by atoms with Crippen LogP contribution in [0, 0.1) is 0 Å². The highest BCUT2D eigenvalue weighted by atomic mass is 32.2. The van der Waals surface area contributed by atoms with E-state index >= 15 is 0 Å². The number of rotatable bonds is 9. The summed E-state index contributed by atoms with van der Waals surface area (Å²) in [5, 5.41) is 11.9. The molecule has 4 N–H and O–H groups in total. The van der Waals surface area contributed by atoms with Crippen molar-refractivity contribution in [3.05, 3.63) is 108 Å². The van der Waals surface area contributed by atoms with Gasteiger partial charge in [-0.05, 0) is 16.7 Å². The Kier molecular flexibility index (Phi) is 7.47. The number of thioether (sulfide) groups is 1. The van der Waals surface area contributed by atoms with Gasteiger partial charge >= 0.3 is 0 Å². The predicted octanol–water partition coefficient (Wildman–Crippen LogP) is 3.15. The van der Waals surface area contributed by atoms with Crippen LogP contribution in [0.15, 0.2) is 91.0 Å². The van der Waals surface area contributed by atoms with Crippen LogP contribution in [-0.2, 0) is 9.54 Å². The standard InChI is InChI=1S/C24H26N2O2S/c25-22(18-27)23(28)26-16-17-29-24(19-10-4-1-5-11-19,20-12-6-2-7-13-20)21-14-8-3-9-15-21/h1-15,22,27H,16-18,25H2,(H,26,28)/t22-/m0/s1. The summed E-state index contributed by atoms with van der Waals surface area (Å²) in [6.07, 6.45) is 0. The van der Waals surface area contributed by atoms with Crippen molar-refractivity contribution in [2.75, 3.05) is 18.9 Å². The number of benzene rings is 3. The molecule has 5 heteroatoms. The van der Waals surface area contributed by atoms with Gasteiger partial charge in [-0.25, -0.2) is 0 Å². The Hall–Kier alpha value is -2.60. The van der Waals surface area contributed by atoms with E-state index in [4.69, 9.17) is 10.8 Å². The molecule has 0 aromatic heterocycles. The molecule has 0 saturated heterocycles. The molecule has 150 valence electrons. The van der Waals surface area contributed by atoms with E-state index in [1.807, 2.05) is 18.2 Å². The van der Waals surface area contributed by atoms with Crippen molar-refractivity contribution in [2.45, 2.75) is 10.8 Å². The first-order valence-electron chi connectivity index (χ1n) is 9.63. The zero-order chi connectivity index (χ0) is 20.5. The van der Waals surface area contributed by atoms with Crippen molar-refractivity contribution < 1.29 is 9.90 Å². The number of aliphatic hydroxyl groups excluding tert-OH is 1. The van der Waals surface area contributed by atoms with Gasteiger partial charge in [0.15, 0.2) is 0 Å². The van der Waals surface area contributed by atoms with Crippen LogP contribution in [0.1, 0.15) is 16.7 Å². The lowest BCUT2D eigenvalue weighted by Gasteiger charge is -2.35. The van der Waals surface area contributed by atoms with Gasteiger partial charge in [0.05, 0.1) is 11.4 Å². The van der Waals surface area contributed by atoms with Crippen molar-refractivity contribution in [3.63, 3.8) is 0 Å². The van der Waals surface area contributed by atoms with E-state index in [1.165, 1.54) is 16.7 Å². The van der Waals surface area contributed by atoms with E-state index < -0.39 is 10.8 Å². The van der Waals surface area contributed by atoms with Crippen molar-refractivity contribution >= 4 is 17.7 Å². The summed E-state index contributed by atoms with van der Waals surface area (Å²) < 4.78 is -0.409. The second-order valence-electron chi connectivity index (χ2n) is 6.71. The van der Waals surface area contributed by atoms with Crippen molar-refractivity contribution in [2.24, 2.45) is 5.73 Å². The number of aliphatic hydroxyl groups is 1. The Morgan fingerprint density at radius 3 is 1.66 bits per heavy atom. The predicted molar refractivity (Wildman–Crippen MR) is 120 cm³/mol. The molecule has 29 heavy (non-hydrogen) atoms. The molecule has 0 saturated carbocycles. The van der Waals surface area contributed by atoms with Gasteiger partial charge in [0.1, 0.15) is 6.04 Å². The van der Waals surface area contributed by atoms with E-state index in [0.717, 1.165) is 0 Å². The number of carbonyl (C=O) groups excluding carboxylic acids is 1. The van der Waals surface area contributed by atoms with Gasteiger partial charge in [-0.2, -0.15) is 0 Å². The van der Waals surface area contributed by atoms with Gasteiger partial charge in [-0.1, -0.05) is 91.0 Å². The third-order valence-corrected chi connectivity index (χ3v) is 6.34. The second kappa shape index (κ2) is 10.3. The molecule has 0 spiro atoms. The van der Waals surface area contributed by atoms with Crippen LogP contribution in [0.2, 0.25) is 0 Å². The molecule has 0 aliphatic rings. The van der Waals surface area contributed by atoms with Crippen LogP contribution < -0.4 is 11.1 Å². The Labute approximate surface area is 176 Å². The quantitative estimate of drug-likeness (QED) is 0.377. The highest BCUT2D eigenvalue weighted by Crippen LogP contribution is 2.48. The van der Waals surface area contributed by atoms with Crippen molar-refractivity contribution in [3.8, 4) is 0 Å². The van der Waals surface area contributed by atoms with Gasteiger partial charge < -0.3 is 16.2 Å². The van der Waals surface area contributed by atoms with E-state index in [-0.39, 0.29) is 12.5 Å². The highest BCUT2D eigenvalue weighted by molar-refractivity contribution is 8.00. The van der Waals surface area contributed by atoms with Crippen LogP contribution in [0.3, 0.4) is 0 Å². The lowest BCUT2D eigenvalue weighted by Crippen LogP contribution is -2.43. The molecule has 0 aliphatic heterocycles. The van der Waals surface area contributed by atoms with Gasteiger partial charge in [0.2, 0.25) is 5.91 Å². The maximum atomic E-state index is 11.9. The molecule has 0 heterocycles. The SMILES string of the molecule is N[C@@H](CO)C(=O)NCCSC(c1ccccc1)(c1ccccc1)c1ccccc1. The Morgan fingerprint density at radius 2 is 1.28 bits per heavy atom. The molecule has 4 nitrogen and oxygen atoms in total. The van der Waals surface area contributed by atoms with E-state index in [9.17, 15) is 4.79 Å². The van der Waals surface area contributed by atoms with Gasteiger partial charge in [0.25, 0.3) is 0 Å². The summed E-state index contributed by atoms with van der Waals surface area (Å²) in [7, 11) is 0. The van der Waals surface area contributed by atoms with Crippen molar-refractivity contribution in [1.82, 2.24) is 5.32 Å². The minimum Gasteiger partial charge on any atom is -0.394 e. The van der Waals surface area contributed by atoms with Crippen molar-refractivity contribution in [1.29, 1.82) is 0 Å². The summed E-state index contributed by atoms with van der Waals surface area (Å²) in [5.74, 6) is 0.348.